The number of nitrogens with one attached hydrogen (secondary N) is 1. The Morgan fingerprint density at radius 1 is 0.967 bits per heavy atom. The molecule has 0 radical (unpaired) electrons. The summed E-state index contributed by atoms with van der Waals surface area (Å²) in [5, 5.41) is 2.89. The molecule has 1 saturated heterocycles. The lowest BCUT2D eigenvalue weighted by atomic mass is 9.85. The van der Waals surface area contributed by atoms with E-state index in [1.165, 1.54) is 4.90 Å². The molecule has 1 heterocycles. The minimum absolute atomic E-state index is 0.119. The van der Waals surface area contributed by atoms with E-state index in [1.807, 2.05) is 42.5 Å². The summed E-state index contributed by atoms with van der Waals surface area (Å²) < 4.78 is 0.905. The van der Waals surface area contributed by atoms with Crippen molar-refractivity contribution in [1.82, 2.24) is 4.90 Å². The van der Waals surface area contributed by atoms with Gasteiger partial charge < -0.3 is 5.32 Å². The second kappa shape index (κ2) is 7.51. The number of imide groups is 1. The van der Waals surface area contributed by atoms with Gasteiger partial charge in [0.15, 0.2) is 0 Å². The monoisotopic (exact) mass is 464 g/mol. The number of amides is 3. The van der Waals surface area contributed by atoms with Crippen LogP contribution in [0.1, 0.15) is 12.0 Å². The molecule has 0 spiro atoms. The maximum absolute atomic E-state index is 13.3. The molecule has 1 N–H and O–H groups in total. The molecule has 152 valence electrons. The van der Waals surface area contributed by atoms with Crippen LogP contribution in [-0.4, -0.2) is 28.7 Å². The number of hydrogen-bond donors (Lipinski definition) is 1. The molecule has 2 aliphatic carbocycles. The normalized spacial score (nSPS) is 27.4. The zero-order chi connectivity index (χ0) is 20.8. The van der Waals surface area contributed by atoms with Gasteiger partial charge in [0.25, 0.3) is 0 Å². The Bertz CT molecular complexity index is 1000. The number of fused-ring (bicyclic) bond motifs is 5. The Labute approximate surface area is 183 Å². The van der Waals surface area contributed by atoms with Crippen molar-refractivity contribution < 1.29 is 14.4 Å². The Morgan fingerprint density at radius 2 is 1.57 bits per heavy atom. The zero-order valence-electron chi connectivity index (χ0n) is 16.2. The van der Waals surface area contributed by atoms with Crippen LogP contribution in [0.15, 0.2) is 71.2 Å². The Balaban J connectivity index is 1.45. The van der Waals surface area contributed by atoms with Crippen molar-refractivity contribution in [2.24, 2.45) is 23.7 Å². The maximum Gasteiger partial charge on any atom is 0.248 e. The minimum atomic E-state index is -0.874. The van der Waals surface area contributed by atoms with Crippen LogP contribution in [0.3, 0.4) is 0 Å². The fourth-order valence-corrected chi connectivity index (χ4v) is 5.39. The van der Waals surface area contributed by atoms with Crippen LogP contribution in [-0.2, 0) is 20.8 Å². The van der Waals surface area contributed by atoms with E-state index in [2.05, 4.69) is 33.4 Å². The lowest BCUT2D eigenvalue weighted by Gasteiger charge is -2.27. The molecule has 5 nitrogen and oxygen atoms in total. The standard InChI is InChI=1S/C24H21BrN2O3/c25-17-8-10-18(11-9-17)26-22(28)19(12-14-4-2-1-3-5-14)27-23(29)20-15-6-7-16(13-15)21(20)24(27)30/h1-11,15-16,19-21H,12-13H2,(H,26,28). The number of nitrogens with zero attached hydrogens (tertiary/aromatic N) is 1. The quantitative estimate of drug-likeness (QED) is 0.540. The summed E-state index contributed by atoms with van der Waals surface area (Å²) >= 11 is 3.38. The first-order valence-electron chi connectivity index (χ1n) is 10.2. The number of carbonyl (C=O) groups excluding carboxylic acids is 3. The Kier molecular flexibility index (Phi) is 4.82. The first kappa shape index (κ1) is 19.2. The van der Waals surface area contributed by atoms with Crippen LogP contribution in [0.25, 0.3) is 0 Å². The molecule has 5 unspecified atom stereocenters. The molecule has 5 atom stereocenters. The number of allylic oxidation sites excluding steroid dienone is 2. The number of rotatable bonds is 5. The minimum Gasteiger partial charge on any atom is -0.324 e. The highest BCUT2D eigenvalue weighted by Crippen LogP contribution is 2.53. The first-order chi connectivity index (χ1) is 14.5. The van der Waals surface area contributed by atoms with Crippen molar-refractivity contribution in [2.45, 2.75) is 18.9 Å². The highest BCUT2D eigenvalue weighted by Gasteiger charge is 2.61. The first-order valence-corrected chi connectivity index (χ1v) is 11.0. The largest absolute Gasteiger partial charge is 0.324 e. The third-order valence-corrected chi connectivity index (χ3v) is 7.03. The van der Waals surface area contributed by atoms with Crippen LogP contribution < -0.4 is 5.32 Å². The molecule has 1 saturated carbocycles. The predicted molar refractivity (Wildman–Crippen MR) is 116 cm³/mol. The van der Waals surface area contributed by atoms with Crippen LogP contribution in [0.4, 0.5) is 5.69 Å². The average Bonchev–Trinajstić information content (AvgIpc) is 3.43. The molecule has 2 aromatic carbocycles. The molecule has 5 rings (SSSR count). The van der Waals surface area contributed by atoms with E-state index < -0.39 is 6.04 Å². The van der Waals surface area contributed by atoms with E-state index in [1.54, 1.807) is 12.1 Å². The molecule has 1 aliphatic heterocycles. The van der Waals surface area contributed by atoms with E-state index in [0.717, 1.165) is 16.5 Å². The van der Waals surface area contributed by atoms with Crippen LogP contribution in [0.2, 0.25) is 0 Å². The third kappa shape index (κ3) is 3.19. The number of carbonyl (C=O) groups is 3. The Morgan fingerprint density at radius 3 is 2.17 bits per heavy atom. The van der Waals surface area contributed by atoms with Gasteiger partial charge in [0.05, 0.1) is 11.8 Å². The molecule has 2 bridgehead atoms. The number of halogens is 1. The van der Waals surface area contributed by atoms with Crippen molar-refractivity contribution >= 4 is 39.3 Å². The highest BCUT2D eigenvalue weighted by atomic mass is 79.9. The van der Waals surface area contributed by atoms with Crippen LogP contribution >= 0.6 is 15.9 Å². The van der Waals surface area contributed by atoms with E-state index in [4.69, 9.17) is 0 Å². The van der Waals surface area contributed by atoms with E-state index in [0.29, 0.717) is 12.1 Å². The summed E-state index contributed by atoms with van der Waals surface area (Å²) in [6.45, 7) is 0. The van der Waals surface area contributed by atoms with E-state index in [9.17, 15) is 14.4 Å². The summed E-state index contributed by atoms with van der Waals surface area (Å²) in [7, 11) is 0. The molecular weight excluding hydrogens is 444 g/mol. The summed E-state index contributed by atoms with van der Waals surface area (Å²) in [5.74, 6) is -1.13. The van der Waals surface area contributed by atoms with Gasteiger partial charge in [-0.25, -0.2) is 0 Å². The topological polar surface area (TPSA) is 66.5 Å². The fraction of sp³-hybridized carbons (Fsp3) is 0.292. The molecule has 3 aliphatic rings. The average molecular weight is 465 g/mol. The van der Waals surface area contributed by atoms with Crippen LogP contribution in [0, 0.1) is 23.7 Å². The van der Waals surface area contributed by atoms with Gasteiger partial charge in [-0.15, -0.1) is 0 Å². The SMILES string of the molecule is O=C(Nc1ccc(Br)cc1)C(Cc1ccccc1)N1C(=O)C2C3C=CC(C3)C2C1=O. The van der Waals surface area contributed by atoms with Crippen molar-refractivity contribution in [1.29, 1.82) is 0 Å². The van der Waals surface area contributed by atoms with Gasteiger partial charge in [0.2, 0.25) is 17.7 Å². The summed E-state index contributed by atoms with van der Waals surface area (Å²) in [6, 6.07) is 15.9. The van der Waals surface area contributed by atoms with Gasteiger partial charge in [0.1, 0.15) is 6.04 Å². The summed E-state index contributed by atoms with van der Waals surface area (Å²) in [5.41, 5.74) is 1.54. The molecule has 3 amide bonds. The van der Waals surface area contributed by atoms with Gasteiger partial charge in [-0.05, 0) is 48.1 Å². The second-order valence-electron chi connectivity index (χ2n) is 8.25. The molecule has 6 heteroatoms. The summed E-state index contributed by atoms with van der Waals surface area (Å²) in [6.07, 6.45) is 5.29. The summed E-state index contributed by atoms with van der Waals surface area (Å²) in [4.78, 5) is 41.2. The smallest absolute Gasteiger partial charge is 0.248 e. The van der Waals surface area contributed by atoms with Crippen molar-refractivity contribution in [3.05, 3.63) is 76.8 Å². The highest BCUT2D eigenvalue weighted by molar-refractivity contribution is 9.10. The van der Waals surface area contributed by atoms with Gasteiger partial charge in [0, 0.05) is 16.6 Å². The fourth-order valence-electron chi connectivity index (χ4n) is 5.13. The van der Waals surface area contributed by atoms with Gasteiger partial charge in [-0.1, -0.05) is 58.4 Å². The number of hydrogen-bond acceptors (Lipinski definition) is 3. The molecular formula is C24H21BrN2O3. The number of likely N-dealkylation sites (tertiary alicyclic amines) is 1. The van der Waals surface area contributed by atoms with Gasteiger partial charge >= 0.3 is 0 Å². The van der Waals surface area contributed by atoms with Gasteiger partial charge in [-0.3, -0.25) is 19.3 Å². The van der Waals surface area contributed by atoms with Crippen LogP contribution in [0.5, 0.6) is 0 Å². The molecule has 2 fully saturated rings. The van der Waals surface area contributed by atoms with Gasteiger partial charge in [-0.2, -0.15) is 0 Å². The van der Waals surface area contributed by atoms with Crippen molar-refractivity contribution in [3.8, 4) is 0 Å². The lowest BCUT2D eigenvalue weighted by molar-refractivity contribution is -0.147. The molecule has 0 aromatic heterocycles. The molecule has 2 aromatic rings. The number of benzene rings is 2. The third-order valence-electron chi connectivity index (χ3n) is 6.50. The van der Waals surface area contributed by atoms with Crippen molar-refractivity contribution in [2.75, 3.05) is 5.32 Å². The zero-order valence-corrected chi connectivity index (χ0v) is 17.8. The number of anilines is 1. The predicted octanol–water partition coefficient (Wildman–Crippen LogP) is 3.81. The maximum atomic E-state index is 13.3. The van der Waals surface area contributed by atoms with Crippen molar-refractivity contribution in [3.63, 3.8) is 0 Å². The molecule has 30 heavy (non-hydrogen) atoms. The van der Waals surface area contributed by atoms with E-state index in [-0.39, 0.29) is 41.4 Å². The van der Waals surface area contributed by atoms with E-state index >= 15 is 0 Å². The Hall–Kier alpha value is -2.73. The second-order valence-corrected chi connectivity index (χ2v) is 9.16. The lowest BCUT2D eigenvalue weighted by Crippen LogP contribution is -2.49.